The molecule has 0 amide bonds. The van der Waals surface area contributed by atoms with Gasteiger partial charge in [0.05, 0.1) is 11.4 Å². The Kier molecular flexibility index (Phi) is 3.76. The number of nitrogens with zero attached hydrogens (tertiary/aromatic N) is 3. The summed E-state index contributed by atoms with van der Waals surface area (Å²) in [6.07, 6.45) is -1.33. The van der Waals surface area contributed by atoms with E-state index in [0.717, 1.165) is 23.2 Å². The number of aromatic nitrogens is 2. The largest absolute Gasteiger partial charge is 0.435 e. The maximum atomic E-state index is 13.5. The minimum Gasteiger partial charge on any atom is -0.295 e. The third kappa shape index (κ3) is 2.68. The second-order valence-electron chi connectivity index (χ2n) is 6.95. The van der Waals surface area contributed by atoms with Crippen molar-refractivity contribution in [3.8, 4) is 0 Å². The van der Waals surface area contributed by atoms with Crippen molar-refractivity contribution in [1.29, 1.82) is 0 Å². The van der Waals surface area contributed by atoms with Crippen molar-refractivity contribution < 1.29 is 13.2 Å². The highest BCUT2D eigenvalue weighted by molar-refractivity contribution is 5.73. The van der Waals surface area contributed by atoms with Crippen molar-refractivity contribution in [3.63, 3.8) is 0 Å². The number of hydrogen-bond acceptors (Lipinski definition) is 2. The number of alkyl halides is 3. The number of fused-ring (bicyclic) bond motifs is 2. The van der Waals surface area contributed by atoms with Crippen molar-refractivity contribution >= 4 is 5.70 Å². The summed E-state index contributed by atoms with van der Waals surface area (Å²) in [6, 6.07) is 8.13. The van der Waals surface area contributed by atoms with E-state index in [-0.39, 0.29) is 6.04 Å². The Labute approximate surface area is 144 Å². The second-order valence-corrected chi connectivity index (χ2v) is 6.95. The van der Waals surface area contributed by atoms with E-state index in [1.54, 1.807) is 4.68 Å². The summed E-state index contributed by atoms with van der Waals surface area (Å²) < 4.78 is 42.1. The number of halogens is 3. The summed E-state index contributed by atoms with van der Waals surface area (Å²) in [5.74, 6) is 0. The van der Waals surface area contributed by atoms with E-state index in [1.165, 1.54) is 0 Å². The summed E-state index contributed by atoms with van der Waals surface area (Å²) in [5, 5.41) is 4.03. The molecular weight excluding hydrogens is 327 g/mol. The van der Waals surface area contributed by atoms with E-state index in [9.17, 15) is 13.2 Å². The smallest absolute Gasteiger partial charge is 0.295 e. The minimum atomic E-state index is -4.42. The average molecular weight is 347 g/mol. The van der Waals surface area contributed by atoms with Crippen molar-refractivity contribution in [1.82, 2.24) is 14.7 Å². The highest BCUT2D eigenvalue weighted by atomic mass is 19.4. The first-order valence-corrected chi connectivity index (χ1v) is 8.57. The minimum absolute atomic E-state index is 0.288. The summed E-state index contributed by atoms with van der Waals surface area (Å²) in [6.45, 7) is 5.27. The number of benzene rings is 1. The molecule has 0 bridgehead atoms. The molecule has 0 atom stereocenters. The Balaban J connectivity index is 1.85. The van der Waals surface area contributed by atoms with Crippen LogP contribution in [0.1, 0.15) is 41.9 Å². The zero-order chi connectivity index (χ0) is 17.8. The summed E-state index contributed by atoms with van der Waals surface area (Å²) in [7, 11) is 0. The topological polar surface area (TPSA) is 21.1 Å². The molecule has 1 aromatic carbocycles. The Hall–Kier alpha value is -2.08. The zero-order valence-corrected chi connectivity index (χ0v) is 14.3. The SMILES string of the molecule is CC(C)N1CCc2c(C(F)(F)F)nn(C3=CCc4ccccc43)c2C1. The van der Waals surface area contributed by atoms with Crippen molar-refractivity contribution in [2.24, 2.45) is 0 Å². The van der Waals surface area contributed by atoms with Crippen LogP contribution in [0.25, 0.3) is 5.70 Å². The molecule has 1 aliphatic carbocycles. The molecule has 0 N–H and O–H groups in total. The first-order chi connectivity index (χ1) is 11.9. The van der Waals surface area contributed by atoms with Gasteiger partial charge in [-0.3, -0.25) is 4.90 Å². The maximum Gasteiger partial charge on any atom is 0.435 e. The van der Waals surface area contributed by atoms with E-state index in [1.807, 2.05) is 30.3 Å². The van der Waals surface area contributed by atoms with Gasteiger partial charge < -0.3 is 0 Å². The Bertz CT molecular complexity index is 846. The van der Waals surface area contributed by atoms with Crippen LogP contribution in [0.4, 0.5) is 13.2 Å². The third-order valence-electron chi connectivity index (χ3n) is 5.13. The first-order valence-electron chi connectivity index (χ1n) is 8.57. The lowest BCUT2D eigenvalue weighted by Gasteiger charge is -2.31. The third-order valence-corrected chi connectivity index (χ3v) is 5.13. The van der Waals surface area contributed by atoms with E-state index in [2.05, 4.69) is 23.8 Å². The Morgan fingerprint density at radius 2 is 1.92 bits per heavy atom. The van der Waals surface area contributed by atoms with Crippen molar-refractivity contribution in [3.05, 3.63) is 58.4 Å². The van der Waals surface area contributed by atoms with Crippen molar-refractivity contribution in [2.75, 3.05) is 6.54 Å². The van der Waals surface area contributed by atoms with Gasteiger partial charge in [0.2, 0.25) is 0 Å². The van der Waals surface area contributed by atoms with Crippen LogP contribution in [-0.2, 0) is 25.6 Å². The van der Waals surface area contributed by atoms with Gasteiger partial charge in [0, 0.05) is 30.3 Å². The molecule has 1 aromatic heterocycles. The van der Waals surface area contributed by atoms with Gasteiger partial charge in [0.15, 0.2) is 5.69 Å². The lowest BCUT2D eigenvalue weighted by Crippen LogP contribution is -2.36. The van der Waals surface area contributed by atoms with E-state index >= 15 is 0 Å². The molecule has 132 valence electrons. The van der Waals surface area contributed by atoms with Crippen LogP contribution in [0.3, 0.4) is 0 Å². The summed E-state index contributed by atoms with van der Waals surface area (Å²) in [5.41, 5.74) is 3.18. The fraction of sp³-hybridized carbons (Fsp3) is 0.421. The molecule has 0 spiro atoms. The lowest BCUT2D eigenvalue weighted by atomic mass is 10.0. The molecule has 0 fully saturated rings. The molecule has 2 heterocycles. The molecule has 3 nitrogen and oxygen atoms in total. The van der Waals surface area contributed by atoms with Gasteiger partial charge in [-0.15, -0.1) is 0 Å². The number of allylic oxidation sites excluding steroid dienone is 1. The standard InChI is InChI=1S/C19H20F3N3/c1-12(2)24-10-9-15-17(11-24)25(23-18(15)19(20,21)22)16-8-7-13-5-3-4-6-14(13)16/h3-6,8,12H,7,9-11H2,1-2H3. The second kappa shape index (κ2) is 5.73. The van der Waals surface area contributed by atoms with Gasteiger partial charge >= 0.3 is 6.18 Å². The Morgan fingerprint density at radius 1 is 1.16 bits per heavy atom. The van der Waals surface area contributed by atoms with E-state index in [0.29, 0.717) is 30.8 Å². The van der Waals surface area contributed by atoms with Crippen LogP contribution in [0.2, 0.25) is 0 Å². The van der Waals surface area contributed by atoms with Crippen LogP contribution in [0, 0.1) is 0 Å². The van der Waals surface area contributed by atoms with Gasteiger partial charge in [0.25, 0.3) is 0 Å². The number of rotatable bonds is 2. The molecule has 25 heavy (non-hydrogen) atoms. The van der Waals surface area contributed by atoms with E-state index < -0.39 is 11.9 Å². The van der Waals surface area contributed by atoms with Gasteiger partial charge in [0.1, 0.15) is 0 Å². The van der Waals surface area contributed by atoms with Crippen LogP contribution < -0.4 is 0 Å². The van der Waals surface area contributed by atoms with Crippen molar-refractivity contribution in [2.45, 2.75) is 45.5 Å². The number of hydrogen-bond donors (Lipinski definition) is 0. The van der Waals surface area contributed by atoms with Gasteiger partial charge in [-0.1, -0.05) is 30.3 Å². The normalized spacial score (nSPS) is 17.6. The van der Waals surface area contributed by atoms with Gasteiger partial charge in [-0.2, -0.15) is 18.3 Å². The first kappa shape index (κ1) is 16.4. The fourth-order valence-electron chi connectivity index (χ4n) is 3.77. The quantitative estimate of drug-likeness (QED) is 0.815. The molecule has 2 aromatic rings. The van der Waals surface area contributed by atoms with Gasteiger partial charge in [-0.05, 0) is 32.3 Å². The highest BCUT2D eigenvalue weighted by Crippen LogP contribution is 2.38. The molecule has 1 aliphatic heterocycles. The van der Waals surface area contributed by atoms with Crippen LogP contribution in [0.15, 0.2) is 30.3 Å². The zero-order valence-electron chi connectivity index (χ0n) is 14.3. The molecule has 6 heteroatoms. The molecular formula is C19H20F3N3. The molecule has 0 radical (unpaired) electrons. The fourth-order valence-corrected chi connectivity index (χ4v) is 3.77. The van der Waals surface area contributed by atoms with E-state index in [4.69, 9.17) is 0 Å². The van der Waals surface area contributed by atoms with Gasteiger partial charge in [-0.25, -0.2) is 4.68 Å². The van der Waals surface area contributed by atoms with Crippen LogP contribution in [-0.4, -0.2) is 27.3 Å². The molecule has 4 rings (SSSR count). The lowest BCUT2D eigenvalue weighted by molar-refractivity contribution is -0.142. The average Bonchev–Trinajstić information content (AvgIpc) is 3.14. The summed E-state index contributed by atoms with van der Waals surface area (Å²) in [4.78, 5) is 2.20. The van der Waals surface area contributed by atoms with Crippen LogP contribution >= 0.6 is 0 Å². The molecule has 0 unspecified atom stereocenters. The maximum absolute atomic E-state index is 13.5. The Morgan fingerprint density at radius 3 is 2.64 bits per heavy atom. The molecule has 2 aliphatic rings. The highest BCUT2D eigenvalue weighted by Gasteiger charge is 2.41. The predicted molar refractivity (Wildman–Crippen MR) is 90.0 cm³/mol. The predicted octanol–water partition coefficient (Wildman–Crippen LogP) is 4.11. The monoisotopic (exact) mass is 347 g/mol. The molecule has 0 saturated heterocycles. The summed E-state index contributed by atoms with van der Waals surface area (Å²) >= 11 is 0. The van der Waals surface area contributed by atoms with Crippen LogP contribution in [0.5, 0.6) is 0 Å². The molecule has 0 saturated carbocycles.